The van der Waals surface area contributed by atoms with Crippen molar-refractivity contribution in [1.29, 1.82) is 0 Å². The van der Waals surface area contributed by atoms with Crippen molar-refractivity contribution in [2.24, 2.45) is 0 Å². The van der Waals surface area contributed by atoms with E-state index in [1.54, 1.807) is 14.2 Å². The molecule has 0 fully saturated rings. The van der Waals surface area contributed by atoms with E-state index in [4.69, 9.17) is 9.47 Å². The van der Waals surface area contributed by atoms with E-state index in [0.717, 1.165) is 11.3 Å². The van der Waals surface area contributed by atoms with Crippen LogP contribution in [0.5, 0.6) is 11.5 Å². The van der Waals surface area contributed by atoms with Crippen LogP contribution in [0.2, 0.25) is 0 Å². The minimum absolute atomic E-state index is 0.0361. The highest BCUT2D eigenvalue weighted by atomic mass is 16.5. The minimum atomic E-state index is -0.251. The van der Waals surface area contributed by atoms with Gasteiger partial charge in [-0.15, -0.1) is 0 Å². The quantitative estimate of drug-likeness (QED) is 0.909. The monoisotopic (exact) mass is 320 g/mol. The topological polar surface area (TPSA) is 50.8 Å². The number of urea groups is 1. The van der Waals surface area contributed by atoms with Gasteiger partial charge in [0.15, 0.2) is 11.5 Å². The van der Waals surface area contributed by atoms with Crippen molar-refractivity contribution in [3.05, 3.63) is 23.3 Å². The van der Waals surface area contributed by atoms with E-state index < -0.39 is 0 Å². The van der Waals surface area contributed by atoms with Crippen LogP contribution in [0.15, 0.2) is 12.1 Å². The van der Waals surface area contributed by atoms with Crippen LogP contribution < -0.4 is 14.8 Å². The van der Waals surface area contributed by atoms with Gasteiger partial charge in [0.25, 0.3) is 0 Å². The molecule has 5 heteroatoms. The van der Waals surface area contributed by atoms with E-state index in [1.807, 2.05) is 37.8 Å². The Morgan fingerprint density at radius 1 is 1.17 bits per heavy atom. The first-order chi connectivity index (χ1) is 10.6. The van der Waals surface area contributed by atoms with E-state index in [1.165, 1.54) is 5.56 Å². The summed E-state index contributed by atoms with van der Waals surface area (Å²) < 4.78 is 10.8. The molecule has 0 unspecified atom stereocenters. The maximum atomic E-state index is 12.5. The molecule has 2 rings (SSSR count). The Balaban J connectivity index is 2.37. The molecule has 1 aromatic rings. The maximum absolute atomic E-state index is 12.5. The molecule has 2 amide bonds. The number of ether oxygens (including phenoxy) is 2. The Labute approximate surface area is 139 Å². The van der Waals surface area contributed by atoms with Crippen molar-refractivity contribution in [1.82, 2.24) is 10.2 Å². The molecule has 0 saturated carbocycles. The van der Waals surface area contributed by atoms with Crippen molar-refractivity contribution in [2.75, 3.05) is 20.8 Å². The number of nitrogens with one attached hydrogen (secondary N) is 1. The fraction of sp³-hybridized carbons (Fsp3) is 0.611. The van der Waals surface area contributed by atoms with Gasteiger partial charge in [0.2, 0.25) is 0 Å². The van der Waals surface area contributed by atoms with Crippen molar-refractivity contribution in [3.8, 4) is 11.5 Å². The molecule has 0 aliphatic carbocycles. The molecule has 1 aliphatic rings. The first-order valence-electron chi connectivity index (χ1n) is 7.90. The standard InChI is InChI=1S/C18H28N2O3/c1-17(2,3)19-16(21)20-10-12-8-14(22-6)15(23-7)9-13(12)18(4,5)11-20/h8-9H,10-11H2,1-7H3,(H,19,21). The normalized spacial score (nSPS) is 16.6. The number of nitrogens with zero attached hydrogens (tertiary/aromatic N) is 1. The van der Waals surface area contributed by atoms with Crippen LogP contribution in [-0.4, -0.2) is 37.2 Å². The maximum Gasteiger partial charge on any atom is 0.318 e. The SMILES string of the molecule is COc1cc2c(cc1OC)C(C)(C)CN(C(=O)NC(C)(C)C)C2. The lowest BCUT2D eigenvalue weighted by atomic mass is 9.78. The molecule has 1 N–H and O–H groups in total. The van der Waals surface area contributed by atoms with Gasteiger partial charge in [-0.25, -0.2) is 4.79 Å². The third kappa shape index (κ3) is 3.71. The summed E-state index contributed by atoms with van der Waals surface area (Å²) >= 11 is 0. The number of fused-ring (bicyclic) bond motifs is 1. The Bertz CT molecular complexity index is 603. The molecule has 23 heavy (non-hydrogen) atoms. The fourth-order valence-corrected chi connectivity index (χ4v) is 3.05. The third-order valence-corrected chi connectivity index (χ3v) is 4.06. The molecule has 0 saturated heterocycles. The van der Waals surface area contributed by atoms with Gasteiger partial charge in [0, 0.05) is 24.0 Å². The Morgan fingerprint density at radius 2 is 1.74 bits per heavy atom. The smallest absolute Gasteiger partial charge is 0.318 e. The summed E-state index contributed by atoms with van der Waals surface area (Å²) in [6, 6.07) is 3.98. The molecule has 0 atom stereocenters. The third-order valence-electron chi connectivity index (χ3n) is 4.06. The van der Waals surface area contributed by atoms with Crippen LogP contribution in [0.4, 0.5) is 4.79 Å². The van der Waals surface area contributed by atoms with E-state index in [9.17, 15) is 4.79 Å². The predicted octanol–water partition coefficient (Wildman–Crippen LogP) is 3.31. The number of rotatable bonds is 2. The highest BCUT2D eigenvalue weighted by molar-refractivity contribution is 5.75. The highest BCUT2D eigenvalue weighted by Gasteiger charge is 2.35. The number of methoxy groups -OCH3 is 2. The lowest BCUT2D eigenvalue weighted by molar-refractivity contribution is 0.165. The largest absolute Gasteiger partial charge is 0.493 e. The van der Waals surface area contributed by atoms with Crippen molar-refractivity contribution in [3.63, 3.8) is 0 Å². The van der Waals surface area contributed by atoms with Gasteiger partial charge >= 0.3 is 6.03 Å². The van der Waals surface area contributed by atoms with Crippen molar-refractivity contribution >= 4 is 6.03 Å². The van der Waals surface area contributed by atoms with Crippen molar-refractivity contribution in [2.45, 2.75) is 52.1 Å². The van der Waals surface area contributed by atoms with Crippen LogP contribution in [0.25, 0.3) is 0 Å². The molecule has 128 valence electrons. The second kappa shape index (κ2) is 5.95. The fourth-order valence-electron chi connectivity index (χ4n) is 3.05. The Hall–Kier alpha value is -1.91. The summed E-state index contributed by atoms with van der Waals surface area (Å²) in [5, 5.41) is 3.04. The van der Waals surface area contributed by atoms with Crippen LogP contribution in [0.1, 0.15) is 45.7 Å². The van der Waals surface area contributed by atoms with Crippen LogP contribution in [0, 0.1) is 0 Å². The number of benzene rings is 1. The molecule has 0 bridgehead atoms. The number of carbonyl (C=O) groups excluding carboxylic acids is 1. The van der Waals surface area contributed by atoms with Crippen molar-refractivity contribution < 1.29 is 14.3 Å². The average molecular weight is 320 g/mol. The van der Waals surface area contributed by atoms with Gasteiger partial charge in [-0.1, -0.05) is 13.8 Å². The average Bonchev–Trinajstić information content (AvgIpc) is 2.43. The summed E-state index contributed by atoms with van der Waals surface area (Å²) in [4.78, 5) is 14.4. The number of hydrogen-bond donors (Lipinski definition) is 1. The zero-order valence-electron chi connectivity index (χ0n) is 15.2. The first-order valence-corrected chi connectivity index (χ1v) is 7.90. The molecule has 0 spiro atoms. The number of amides is 2. The minimum Gasteiger partial charge on any atom is -0.493 e. The molecule has 1 aromatic carbocycles. The zero-order valence-corrected chi connectivity index (χ0v) is 15.2. The van der Waals surface area contributed by atoms with Gasteiger partial charge in [-0.05, 0) is 44.0 Å². The molecule has 0 aromatic heterocycles. The molecule has 0 radical (unpaired) electrons. The summed E-state index contributed by atoms with van der Waals surface area (Å²) in [5.74, 6) is 1.42. The van der Waals surface area contributed by atoms with E-state index in [-0.39, 0.29) is 17.0 Å². The van der Waals surface area contributed by atoms with Gasteiger partial charge in [0.05, 0.1) is 14.2 Å². The molecule has 1 aliphatic heterocycles. The summed E-state index contributed by atoms with van der Waals surface area (Å²) in [7, 11) is 3.27. The Morgan fingerprint density at radius 3 is 2.26 bits per heavy atom. The van der Waals surface area contributed by atoms with E-state index in [2.05, 4.69) is 19.2 Å². The summed E-state index contributed by atoms with van der Waals surface area (Å²) in [6.45, 7) is 11.5. The summed E-state index contributed by atoms with van der Waals surface area (Å²) in [5.41, 5.74) is 1.90. The predicted molar refractivity (Wildman–Crippen MR) is 91.3 cm³/mol. The van der Waals surface area contributed by atoms with Crippen LogP contribution in [0.3, 0.4) is 0 Å². The van der Waals surface area contributed by atoms with Gasteiger partial charge < -0.3 is 19.7 Å². The van der Waals surface area contributed by atoms with Gasteiger partial charge in [-0.3, -0.25) is 0 Å². The lowest BCUT2D eigenvalue weighted by Crippen LogP contribution is -2.53. The highest BCUT2D eigenvalue weighted by Crippen LogP contribution is 2.40. The Kier molecular flexibility index (Phi) is 4.51. The summed E-state index contributed by atoms with van der Waals surface area (Å²) in [6.07, 6.45) is 0. The molecule has 5 nitrogen and oxygen atoms in total. The number of hydrogen-bond acceptors (Lipinski definition) is 3. The van der Waals surface area contributed by atoms with Gasteiger partial charge in [-0.2, -0.15) is 0 Å². The first kappa shape index (κ1) is 17.4. The molecule has 1 heterocycles. The molecular weight excluding hydrogens is 292 g/mol. The zero-order chi connectivity index (χ0) is 17.4. The second-order valence-electron chi connectivity index (χ2n) is 7.78. The second-order valence-corrected chi connectivity index (χ2v) is 7.78. The van der Waals surface area contributed by atoms with Crippen LogP contribution in [-0.2, 0) is 12.0 Å². The number of carbonyl (C=O) groups is 1. The lowest BCUT2D eigenvalue weighted by Gasteiger charge is -2.41. The molecular formula is C18H28N2O3. The van der Waals surface area contributed by atoms with E-state index in [0.29, 0.717) is 18.8 Å². The van der Waals surface area contributed by atoms with Gasteiger partial charge in [0.1, 0.15) is 0 Å². The van der Waals surface area contributed by atoms with E-state index >= 15 is 0 Å². The van der Waals surface area contributed by atoms with Crippen LogP contribution >= 0.6 is 0 Å².